The number of hydrogen-bond donors (Lipinski definition) is 1. The van der Waals surface area contributed by atoms with Gasteiger partial charge in [-0.25, -0.2) is 8.78 Å². The fourth-order valence-electron chi connectivity index (χ4n) is 2.49. The molecule has 1 atom stereocenters. The maximum absolute atomic E-state index is 13.6. The molecular weight excluding hydrogens is 344 g/mol. The van der Waals surface area contributed by atoms with Gasteiger partial charge in [0.25, 0.3) is 0 Å². The highest BCUT2D eigenvalue weighted by atomic mass is 79.9. The minimum Gasteiger partial charge on any atom is -0.337 e. The highest BCUT2D eigenvalue weighted by molar-refractivity contribution is 9.10. The van der Waals surface area contributed by atoms with E-state index in [0.717, 1.165) is 31.9 Å². The van der Waals surface area contributed by atoms with Gasteiger partial charge in [-0.1, -0.05) is 5.16 Å². The summed E-state index contributed by atoms with van der Waals surface area (Å²) >= 11 is 3.03. The van der Waals surface area contributed by atoms with E-state index in [1.165, 1.54) is 6.07 Å². The number of piperidine rings is 1. The van der Waals surface area contributed by atoms with Gasteiger partial charge in [0, 0.05) is 5.56 Å². The Morgan fingerprint density at radius 2 is 2.14 bits per heavy atom. The van der Waals surface area contributed by atoms with Crippen LogP contribution in [0.2, 0.25) is 0 Å². The van der Waals surface area contributed by atoms with Crippen molar-refractivity contribution < 1.29 is 13.3 Å². The van der Waals surface area contributed by atoms with Crippen LogP contribution in [0.15, 0.2) is 21.1 Å². The predicted octanol–water partition coefficient (Wildman–Crippen LogP) is 3.77. The van der Waals surface area contributed by atoms with E-state index in [0.29, 0.717) is 11.5 Å². The Morgan fingerprint density at radius 1 is 1.33 bits per heavy atom. The minimum absolute atomic E-state index is 0.00314. The lowest BCUT2D eigenvalue weighted by atomic mass is 9.91. The average molecular weight is 358 g/mol. The molecule has 112 valence electrons. The summed E-state index contributed by atoms with van der Waals surface area (Å²) < 4.78 is 32.1. The summed E-state index contributed by atoms with van der Waals surface area (Å²) in [6.07, 6.45) is 3.09. The van der Waals surface area contributed by atoms with E-state index in [9.17, 15) is 8.78 Å². The SMILES string of the molecule is CC1(c2nc(-c3ccc(F)c(F)c3Br)no2)CCCCN1. The standard InChI is InChI=1S/C14H14BrF2N3O/c1-14(6-2-3-7-18-14)13-19-12(20-21-13)8-4-5-9(16)11(17)10(8)15/h4-5,18H,2-3,6-7H2,1H3. The third-order valence-electron chi connectivity index (χ3n) is 3.79. The molecule has 0 aliphatic carbocycles. The predicted molar refractivity (Wildman–Crippen MR) is 76.6 cm³/mol. The molecule has 1 aromatic heterocycles. The van der Waals surface area contributed by atoms with Crippen LogP contribution in [-0.2, 0) is 5.54 Å². The highest BCUT2D eigenvalue weighted by Crippen LogP contribution is 2.33. The number of aromatic nitrogens is 2. The van der Waals surface area contributed by atoms with Gasteiger partial charge in [0.1, 0.15) is 0 Å². The second-order valence-corrected chi connectivity index (χ2v) is 6.16. The number of nitrogens with one attached hydrogen (secondary N) is 1. The molecule has 3 rings (SSSR count). The van der Waals surface area contributed by atoms with Gasteiger partial charge in [0.05, 0.1) is 10.0 Å². The number of benzene rings is 1. The summed E-state index contributed by atoms with van der Waals surface area (Å²) in [4.78, 5) is 4.35. The Hall–Kier alpha value is -1.34. The first-order valence-electron chi connectivity index (χ1n) is 6.74. The van der Waals surface area contributed by atoms with Crippen LogP contribution in [-0.4, -0.2) is 16.7 Å². The molecule has 1 saturated heterocycles. The van der Waals surface area contributed by atoms with Crippen molar-refractivity contribution in [3.05, 3.63) is 34.1 Å². The Balaban J connectivity index is 1.97. The summed E-state index contributed by atoms with van der Waals surface area (Å²) in [6, 6.07) is 2.47. The van der Waals surface area contributed by atoms with E-state index in [2.05, 4.69) is 31.4 Å². The van der Waals surface area contributed by atoms with Crippen molar-refractivity contribution in [3.8, 4) is 11.4 Å². The summed E-state index contributed by atoms with van der Waals surface area (Å²) in [5, 5.41) is 7.26. The third kappa shape index (κ3) is 2.60. The highest BCUT2D eigenvalue weighted by Gasteiger charge is 2.34. The molecular formula is C14H14BrF2N3O. The number of hydrogen-bond acceptors (Lipinski definition) is 4. The van der Waals surface area contributed by atoms with Gasteiger partial charge in [-0.05, 0) is 60.8 Å². The van der Waals surface area contributed by atoms with Crippen LogP contribution in [0.5, 0.6) is 0 Å². The molecule has 2 aromatic rings. The van der Waals surface area contributed by atoms with Crippen molar-refractivity contribution in [1.29, 1.82) is 0 Å². The van der Waals surface area contributed by atoms with Crippen molar-refractivity contribution >= 4 is 15.9 Å². The molecule has 0 bridgehead atoms. The number of nitrogens with zero attached hydrogens (tertiary/aromatic N) is 2. The van der Waals surface area contributed by atoms with Crippen LogP contribution in [0.3, 0.4) is 0 Å². The summed E-state index contributed by atoms with van der Waals surface area (Å²) in [5.74, 6) is -1.17. The normalized spacial score (nSPS) is 22.5. The Bertz CT molecular complexity index is 668. The van der Waals surface area contributed by atoms with Gasteiger partial charge >= 0.3 is 0 Å². The third-order valence-corrected chi connectivity index (χ3v) is 4.57. The molecule has 1 aromatic carbocycles. The zero-order chi connectivity index (χ0) is 15.0. The van der Waals surface area contributed by atoms with E-state index in [1.54, 1.807) is 0 Å². The van der Waals surface area contributed by atoms with Crippen LogP contribution in [0, 0.1) is 11.6 Å². The molecule has 2 heterocycles. The molecule has 1 aliphatic heterocycles. The topological polar surface area (TPSA) is 51.0 Å². The van der Waals surface area contributed by atoms with Crippen molar-refractivity contribution in [1.82, 2.24) is 15.5 Å². The van der Waals surface area contributed by atoms with Crippen LogP contribution in [0.4, 0.5) is 8.78 Å². The fraction of sp³-hybridized carbons (Fsp3) is 0.429. The van der Waals surface area contributed by atoms with Gasteiger partial charge in [0.2, 0.25) is 11.7 Å². The van der Waals surface area contributed by atoms with Gasteiger partial charge in [-0.2, -0.15) is 4.98 Å². The van der Waals surface area contributed by atoms with Crippen LogP contribution in [0.1, 0.15) is 32.1 Å². The van der Waals surface area contributed by atoms with E-state index in [1.807, 2.05) is 6.92 Å². The minimum atomic E-state index is -0.958. The second kappa shape index (κ2) is 5.46. The van der Waals surface area contributed by atoms with Crippen molar-refractivity contribution in [2.45, 2.75) is 31.7 Å². The maximum Gasteiger partial charge on any atom is 0.246 e. The van der Waals surface area contributed by atoms with Gasteiger partial charge < -0.3 is 9.84 Å². The zero-order valence-corrected chi connectivity index (χ0v) is 13.0. The quantitative estimate of drug-likeness (QED) is 0.831. The first-order chi connectivity index (χ1) is 10.0. The van der Waals surface area contributed by atoms with Crippen LogP contribution >= 0.6 is 15.9 Å². The van der Waals surface area contributed by atoms with Crippen LogP contribution in [0.25, 0.3) is 11.4 Å². The molecule has 0 saturated carbocycles. The van der Waals surface area contributed by atoms with E-state index >= 15 is 0 Å². The molecule has 1 aliphatic rings. The molecule has 21 heavy (non-hydrogen) atoms. The molecule has 7 heteroatoms. The van der Waals surface area contributed by atoms with E-state index < -0.39 is 11.6 Å². The second-order valence-electron chi connectivity index (χ2n) is 5.36. The first kappa shape index (κ1) is 14.6. The smallest absolute Gasteiger partial charge is 0.246 e. The Morgan fingerprint density at radius 3 is 2.86 bits per heavy atom. The summed E-state index contributed by atoms with van der Waals surface area (Å²) in [6.45, 7) is 2.90. The van der Waals surface area contributed by atoms with Crippen molar-refractivity contribution in [2.24, 2.45) is 0 Å². The molecule has 4 nitrogen and oxygen atoms in total. The zero-order valence-electron chi connectivity index (χ0n) is 11.4. The maximum atomic E-state index is 13.6. The summed E-state index contributed by atoms with van der Waals surface area (Å²) in [5.41, 5.74) is -0.00234. The van der Waals surface area contributed by atoms with Gasteiger partial charge in [-0.3, -0.25) is 0 Å². The monoisotopic (exact) mass is 357 g/mol. The lowest BCUT2D eigenvalue weighted by Gasteiger charge is -2.31. The average Bonchev–Trinajstić information content (AvgIpc) is 2.96. The van der Waals surface area contributed by atoms with Crippen LogP contribution < -0.4 is 5.32 Å². The van der Waals surface area contributed by atoms with Gasteiger partial charge in [0.15, 0.2) is 11.6 Å². The molecule has 1 unspecified atom stereocenters. The molecule has 1 N–H and O–H groups in total. The van der Waals surface area contributed by atoms with Crippen molar-refractivity contribution in [3.63, 3.8) is 0 Å². The molecule has 0 spiro atoms. The van der Waals surface area contributed by atoms with E-state index in [-0.39, 0.29) is 15.8 Å². The molecule has 0 amide bonds. The Kier molecular flexibility index (Phi) is 3.79. The van der Waals surface area contributed by atoms with Gasteiger partial charge in [-0.15, -0.1) is 0 Å². The Labute approximate surface area is 129 Å². The number of halogens is 3. The first-order valence-corrected chi connectivity index (χ1v) is 7.54. The number of rotatable bonds is 2. The molecule has 1 fully saturated rings. The largest absolute Gasteiger partial charge is 0.337 e. The lowest BCUT2D eigenvalue weighted by Crippen LogP contribution is -2.43. The van der Waals surface area contributed by atoms with E-state index in [4.69, 9.17) is 4.52 Å². The van der Waals surface area contributed by atoms with Crippen molar-refractivity contribution in [2.75, 3.05) is 6.54 Å². The lowest BCUT2D eigenvalue weighted by molar-refractivity contribution is 0.207. The fourth-order valence-corrected chi connectivity index (χ4v) is 2.99. The summed E-state index contributed by atoms with van der Waals surface area (Å²) in [7, 11) is 0. The molecule has 0 radical (unpaired) electrons.